The van der Waals surface area contributed by atoms with Crippen molar-refractivity contribution < 1.29 is 31.7 Å². The first-order chi connectivity index (χ1) is 13.8. The van der Waals surface area contributed by atoms with Crippen LogP contribution in [0, 0.1) is 4.91 Å². The van der Waals surface area contributed by atoms with Crippen LogP contribution in [0.2, 0.25) is 0 Å². The summed E-state index contributed by atoms with van der Waals surface area (Å²) in [6.07, 6.45) is -0.00421. The highest BCUT2D eigenvalue weighted by atomic mass is 32.2. The second-order valence-corrected chi connectivity index (χ2v) is 10.3. The van der Waals surface area contributed by atoms with Crippen LogP contribution in [0.5, 0.6) is 0 Å². The predicted octanol–water partition coefficient (Wildman–Crippen LogP) is 0.0250. The fourth-order valence-corrected chi connectivity index (χ4v) is 5.30. The van der Waals surface area contributed by atoms with E-state index >= 15 is 0 Å². The summed E-state index contributed by atoms with van der Waals surface area (Å²) in [6.45, 7) is 3.10. The number of thiol groups is 1. The largest absolute Gasteiger partial charge is 0.550 e. The Labute approximate surface area is 181 Å². The number of carboxylic acids is 1. The van der Waals surface area contributed by atoms with E-state index in [4.69, 9.17) is 20.4 Å². The first kappa shape index (κ1) is 26.0. The summed E-state index contributed by atoms with van der Waals surface area (Å²) in [5.74, 6) is -2.25. The Morgan fingerprint density at radius 2 is 1.77 bits per heavy atom. The number of rotatable bonds is 6. The van der Waals surface area contributed by atoms with Crippen molar-refractivity contribution in [1.82, 2.24) is 0 Å². The zero-order chi connectivity index (χ0) is 23.2. The molecule has 1 aliphatic heterocycles. The lowest BCUT2D eigenvalue weighted by Gasteiger charge is -2.45. The number of quaternary nitrogens is 1. The Morgan fingerprint density at radius 1 is 1.30 bits per heavy atom. The third-order valence-corrected chi connectivity index (χ3v) is 7.62. The maximum Gasteiger partial charge on any atom is 0.345 e. The minimum absolute atomic E-state index is 0.00211. The molecule has 1 aromatic rings. The molecule has 0 aromatic heterocycles. The maximum atomic E-state index is 13.3. The molecule has 0 radical (unpaired) electrons. The van der Waals surface area contributed by atoms with Crippen LogP contribution >= 0.6 is 12.8 Å². The fourth-order valence-electron chi connectivity index (χ4n) is 3.19. The molecule has 168 valence electrons. The molecule has 2 rings (SSSR count). The Kier molecular flexibility index (Phi) is 8.55. The van der Waals surface area contributed by atoms with E-state index in [0.29, 0.717) is 13.1 Å². The van der Waals surface area contributed by atoms with Crippen molar-refractivity contribution in [2.75, 3.05) is 26.7 Å². The van der Waals surface area contributed by atoms with Crippen LogP contribution in [-0.2, 0) is 24.2 Å². The van der Waals surface area contributed by atoms with Gasteiger partial charge in [-0.15, -0.1) is 0 Å². The van der Waals surface area contributed by atoms with Gasteiger partial charge in [0.25, 0.3) is 4.87 Å². The molecule has 0 spiro atoms. The van der Waals surface area contributed by atoms with Gasteiger partial charge in [0.05, 0.1) is 44.5 Å². The van der Waals surface area contributed by atoms with Gasteiger partial charge in [0.2, 0.25) is 9.84 Å². The second-order valence-electron chi connectivity index (χ2n) is 7.17. The molecule has 0 bridgehead atoms. The number of likely N-dealkylation sites (tertiary alicyclic amines) is 1. The SMILES string of the molecule is CC(=O)[O-].CCOC(=O)C(N)(C1(N=O)CC[N+](C)(S)CC1)S(=O)(=O)c1ccccc1. The minimum Gasteiger partial charge on any atom is -0.550 e. The van der Waals surface area contributed by atoms with Crippen LogP contribution in [0.4, 0.5) is 0 Å². The molecular formula is C18H27N3O7S2. The number of carboxylic acid groups (broad SMARTS) is 1. The van der Waals surface area contributed by atoms with Gasteiger partial charge in [-0.25, -0.2) is 13.2 Å². The van der Waals surface area contributed by atoms with Crippen molar-refractivity contribution in [2.45, 2.75) is 42.0 Å². The summed E-state index contributed by atoms with van der Waals surface area (Å²) < 4.78 is 32.0. The lowest BCUT2D eigenvalue weighted by molar-refractivity contribution is -0.778. The Morgan fingerprint density at radius 3 is 2.17 bits per heavy atom. The average molecular weight is 462 g/mol. The van der Waals surface area contributed by atoms with Crippen molar-refractivity contribution in [3.05, 3.63) is 35.2 Å². The van der Waals surface area contributed by atoms with Crippen LogP contribution in [0.25, 0.3) is 0 Å². The maximum absolute atomic E-state index is 13.3. The van der Waals surface area contributed by atoms with E-state index in [1.54, 1.807) is 6.07 Å². The summed E-state index contributed by atoms with van der Waals surface area (Å²) in [5.41, 5.74) is 4.42. The zero-order valence-corrected chi connectivity index (χ0v) is 18.8. The van der Waals surface area contributed by atoms with Crippen LogP contribution in [0.1, 0.15) is 26.7 Å². The summed E-state index contributed by atoms with van der Waals surface area (Å²) in [6, 6.07) is 7.33. The highest BCUT2D eigenvalue weighted by molar-refractivity contribution is 7.93. The fraction of sp³-hybridized carbons (Fsp3) is 0.556. The molecule has 1 fully saturated rings. The number of esters is 1. The van der Waals surface area contributed by atoms with Crippen molar-refractivity contribution in [2.24, 2.45) is 10.9 Å². The molecule has 0 amide bonds. The van der Waals surface area contributed by atoms with E-state index in [9.17, 15) is 18.1 Å². The predicted molar refractivity (Wildman–Crippen MR) is 111 cm³/mol. The first-order valence-corrected chi connectivity index (χ1v) is 11.0. The van der Waals surface area contributed by atoms with Crippen molar-refractivity contribution in [3.63, 3.8) is 0 Å². The van der Waals surface area contributed by atoms with Gasteiger partial charge in [-0.2, -0.15) is 4.91 Å². The second kappa shape index (κ2) is 9.86. The van der Waals surface area contributed by atoms with Crippen LogP contribution in [-0.4, -0.2) is 61.4 Å². The molecule has 10 nitrogen and oxygen atoms in total. The minimum atomic E-state index is -4.45. The number of nitrogens with two attached hydrogens (primary N) is 1. The molecule has 1 aliphatic rings. The Hall–Kier alpha value is -2.02. The van der Waals surface area contributed by atoms with Gasteiger partial charge in [0.1, 0.15) is 0 Å². The molecule has 1 atom stereocenters. The Bertz CT molecular complexity index is 861. The summed E-state index contributed by atoms with van der Waals surface area (Å²) in [7, 11) is -2.63. The number of aliphatic carboxylic acids is 1. The molecule has 1 aromatic carbocycles. The highest BCUT2D eigenvalue weighted by Gasteiger charge is 2.67. The van der Waals surface area contributed by atoms with Crippen LogP contribution in [0.3, 0.4) is 0 Å². The van der Waals surface area contributed by atoms with Gasteiger partial charge in [-0.3, -0.25) is 3.89 Å². The number of ether oxygens (including phenoxy) is 1. The quantitative estimate of drug-likeness (QED) is 0.260. The number of hydrogen-bond donors (Lipinski definition) is 2. The van der Waals surface area contributed by atoms with E-state index in [1.807, 2.05) is 7.05 Å². The lowest BCUT2D eigenvalue weighted by Crippen LogP contribution is -2.72. The van der Waals surface area contributed by atoms with E-state index in [2.05, 4.69) is 18.0 Å². The highest BCUT2D eigenvalue weighted by Crippen LogP contribution is 2.43. The van der Waals surface area contributed by atoms with Crippen LogP contribution < -0.4 is 10.8 Å². The van der Waals surface area contributed by atoms with Gasteiger partial charge >= 0.3 is 5.97 Å². The van der Waals surface area contributed by atoms with Gasteiger partial charge in [0, 0.05) is 18.8 Å². The molecule has 1 saturated heterocycles. The standard InChI is InChI=1S/C16H24N3O5S2.C2H4O2/c1-3-24-14(20)16(17,26(22,23)13-7-5-4-6-8-13)15(18-21)9-11-19(2,25)12-10-15;1-2(3)4/h4-8,25H,3,9-12,17H2,1-2H3;1H3,(H,3,4)/q+1;/p-1. The third-order valence-electron chi connectivity index (χ3n) is 4.94. The van der Waals surface area contributed by atoms with E-state index in [1.165, 1.54) is 31.2 Å². The summed E-state index contributed by atoms with van der Waals surface area (Å²) in [4.78, 5) is 30.8. The topological polar surface area (TPSA) is 156 Å². The lowest BCUT2D eigenvalue weighted by atomic mass is 9.81. The van der Waals surface area contributed by atoms with Gasteiger partial charge in [-0.05, 0) is 26.0 Å². The number of piperidine rings is 1. The number of sulfone groups is 1. The van der Waals surface area contributed by atoms with E-state index < -0.39 is 32.2 Å². The van der Waals surface area contributed by atoms with Crippen molar-refractivity contribution in [1.29, 1.82) is 0 Å². The molecular weight excluding hydrogens is 434 g/mol. The molecule has 0 saturated carbocycles. The number of benzene rings is 1. The first-order valence-electron chi connectivity index (χ1n) is 9.15. The van der Waals surface area contributed by atoms with Crippen molar-refractivity contribution >= 4 is 34.6 Å². The number of hydrogen-bond acceptors (Lipinski definition) is 10. The number of nitrogens with zero attached hydrogens (tertiary/aromatic N) is 2. The molecule has 0 aliphatic carbocycles. The molecule has 1 unspecified atom stereocenters. The van der Waals surface area contributed by atoms with Crippen molar-refractivity contribution in [3.8, 4) is 0 Å². The van der Waals surface area contributed by atoms with Gasteiger partial charge in [0.15, 0.2) is 5.54 Å². The smallest absolute Gasteiger partial charge is 0.345 e. The van der Waals surface area contributed by atoms with Gasteiger partial charge < -0.3 is 20.4 Å². The molecule has 12 heteroatoms. The Balaban J connectivity index is 0.00000103. The number of carbonyl (C=O) groups is 2. The zero-order valence-electron chi connectivity index (χ0n) is 17.1. The molecule has 30 heavy (non-hydrogen) atoms. The third kappa shape index (κ3) is 5.17. The number of nitroso groups, excluding NO2 is 1. The molecule has 2 N–H and O–H groups in total. The average Bonchev–Trinajstić information content (AvgIpc) is 2.68. The van der Waals surface area contributed by atoms with Crippen LogP contribution in [0.15, 0.2) is 40.4 Å². The van der Waals surface area contributed by atoms with E-state index in [0.717, 1.165) is 6.92 Å². The van der Waals surface area contributed by atoms with E-state index in [-0.39, 0.29) is 28.2 Å². The number of carbonyl (C=O) groups excluding carboxylic acids is 2. The monoisotopic (exact) mass is 461 g/mol. The summed E-state index contributed by atoms with van der Waals surface area (Å²) in [5, 5.41) is 12.0. The van der Waals surface area contributed by atoms with Gasteiger partial charge in [-0.1, -0.05) is 23.4 Å². The summed E-state index contributed by atoms with van der Waals surface area (Å²) >= 11 is 4.45. The normalized spacial score (nSPS) is 25.8. The molecule has 1 heterocycles.